The first-order chi connectivity index (χ1) is 8.63. The number of carbonyl (C=O) groups excluding carboxylic acids is 1. The third-order valence-corrected chi connectivity index (χ3v) is 2.93. The number of hydrogen-bond acceptors (Lipinski definition) is 2. The summed E-state index contributed by atoms with van der Waals surface area (Å²) in [6, 6.07) is 11.5. The van der Waals surface area contributed by atoms with Gasteiger partial charge >= 0.3 is 0 Å². The van der Waals surface area contributed by atoms with Crippen molar-refractivity contribution < 1.29 is 4.79 Å². The Balaban J connectivity index is 2.01. The van der Waals surface area contributed by atoms with E-state index in [2.05, 4.69) is 26.2 Å². The van der Waals surface area contributed by atoms with Crippen molar-refractivity contribution in [2.75, 3.05) is 5.32 Å². The van der Waals surface area contributed by atoms with Gasteiger partial charge in [-0.3, -0.25) is 4.79 Å². The molecule has 0 fully saturated rings. The molecule has 0 aliphatic rings. The highest BCUT2D eigenvalue weighted by atomic mass is 79.9. The van der Waals surface area contributed by atoms with E-state index < -0.39 is 0 Å². The average molecular weight is 305 g/mol. The van der Waals surface area contributed by atoms with E-state index in [1.807, 2.05) is 37.3 Å². The van der Waals surface area contributed by atoms with Crippen LogP contribution in [0.15, 0.2) is 47.1 Å². The molecule has 1 aromatic carbocycles. The quantitative estimate of drug-likeness (QED) is 0.945. The Labute approximate surface area is 114 Å². The number of aromatic nitrogens is 1. The predicted molar refractivity (Wildman–Crippen MR) is 75.4 cm³/mol. The molecular weight excluding hydrogens is 292 g/mol. The summed E-state index contributed by atoms with van der Waals surface area (Å²) in [5.74, 6) is 0.494. The monoisotopic (exact) mass is 304 g/mol. The van der Waals surface area contributed by atoms with Gasteiger partial charge in [-0.05, 0) is 24.6 Å². The first-order valence-electron chi connectivity index (χ1n) is 5.60. The van der Waals surface area contributed by atoms with Crippen molar-refractivity contribution in [2.24, 2.45) is 0 Å². The van der Waals surface area contributed by atoms with Crippen molar-refractivity contribution in [3.63, 3.8) is 0 Å². The second-order valence-electron chi connectivity index (χ2n) is 4.07. The van der Waals surface area contributed by atoms with Gasteiger partial charge in [0.2, 0.25) is 5.91 Å². The van der Waals surface area contributed by atoms with Crippen LogP contribution in [0.25, 0.3) is 0 Å². The van der Waals surface area contributed by atoms with Crippen LogP contribution in [0.2, 0.25) is 0 Å². The minimum absolute atomic E-state index is 0.0637. The van der Waals surface area contributed by atoms with Crippen LogP contribution in [0, 0.1) is 6.92 Å². The van der Waals surface area contributed by atoms with E-state index in [0.717, 1.165) is 15.6 Å². The zero-order chi connectivity index (χ0) is 13.0. The summed E-state index contributed by atoms with van der Waals surface area (Å²) in [4.78, 5) is 15.9. The van der Waals surface area contributed by atoms with E-state index >= 15 is 0 Å². The normalized spacial score (nSPS) is 10.1. The van der Waals surface area contributed by atoms with Crippen LogP contribution in [-0.2, 0) is 11.2 Å². The molecule has 0 saturated heterocycles. The largest absolute Gasteiger partial charge is 0.310 e. The molecule has 1 aromatic heterocycles. The van der Waals surface area contributed by atoms with Crippen molar-refractivity contribution in [3.8, 4) is 0 Å². The van der Waals surface area contributed by atoms with E-state index in [1.54, 1.807) is 12.3 Å². The van der Waals surface area contributed by atoms with Crippen LogP contribution in [0.5, 0.6) is 0 Å². The topological polar surface area (TPSA) is 42.0 Å². The molecule has 0 bridgehead atoms. The van der Waals surface area contributed by atoms with Crippen LogP contribution in [0.1, 0.15) is 11.1 Å². The van der Waals surface area contributed by atoms with E-state index in [1.165, 1.54) is 0 Å². The maximum atomic E-state index is 11.8. The van der Waals surface area contributed by atoms with Gasteiger partial charge in [-0.25, -0.2) is 4.98 Å². The summed E-state index contributed by atoms with van der Waals surface area (Å²) in [6.07, 6.45) is 2.00. The van der Waals surface area contributed by atoms with Crippen molar-refractivity contribution >= 4 is 27.7 Å². The van der Waals surface area contributed by atoms with Gasteiger partial charge in [0.15, 0.2) is 0 Å². The number of benzene rings is 1. The molecule has 0 saturated carbocycles. The van der Waals surface area contributed by atoms with Crippen molar-refractivity contribution in [1.29, 1.82) is 0 Å². The lowest BCUT2D eigenvalue weighted by molar-refractivity contribution is -0.115. The van der Waals surface area contributed by atoms with Crippen LogP contribution in [0.3, 0.4) is 0 Å². The van der Waals surface area contributed by atoms with Crippen molar-refractivity contribution in [3.05, 3.63) is 58.2 Å². The lowest BCUT2D eigenvalue weighted by Crippen LogP contribution is -2.15. The highest BCUT2D eigenvalue weighted by molar-refractivity contribution is 9.10. The number of halogens is 1. The third-order valence-electron chi connectivity index (χ3n) is 2.44. The molecule has 0 spiro atoms. The molecule has 0 radical (unpaired) electrons. The Morgan fingerprint density at radius 3 is 2.89 bits per heavy atom. The Morgan fingerprint density at radius 1 is 1.33 bits per heavy atom. The third kappa shape index (κ3) is 3.67. The Bertz CT molecular complexity index is 520. The van der Waals surface area contributed by atoms with Crippen LogP contribution in [0.4, 0.5) is 5.82 Å². The molecule has 2 rings (SSSR count). The molecule has 1 heterocycles. The molecule has 3 nitrogen and oxygen atoms in total. The van der Waals surface area contributed by atoms with Gasteiger partial charge in [-0.15, -0.1) is 0 Å². The average Bonchev–Trinajstić information content (AvgIpc) is 2.28. The molecule has 4 heteroatoms. The fraction of sp³-hybridized carbons (Fsp3) is 0.143. The van der Waals surface area contributed by atoms with E-state index in [9.17, 15) is 4.79 Å². The highest BCUT2D eigenvalue weighted by Crippen LogP contribution is 2.13. The smallest absolute Gasteiger partial charge is 0.229 e. The number of carbonyl (C=O) groups is 1. The number of anilines is 1. The molecule has 0 unspecified atom stereocenters. The van der Waals surface area contributed by atoms with Gasteiger partial charge in [-0.1, -0.05) is 45.8 Å². The summed E-state index contributed by atoms with van der Waals surface area (Å²) in [5.41, 5.74) is 2.16. The second kappa shape index (κ2) is 5.78. The van der Waals surface area contributed by atoms with Crippen LogP contribution >= 0.6 is 15.9 Å². The van der Waals surface area contributed by atoms with Gasteiger partial charge in [0.25, 0.3) is 0 Å². The maximum absolute atomic E-state index is 11.8. The first kappa shape index (κ1) is 12.8. The van der Waals surface area contributed by atoms with E-state index in [-0.39, 0.29) is 5.91 Å². The van der Waals surface area contributed by atoms with Crippen molar-refractivity contribution in [1.82, 2.24) is 4.98 Å². The van der Waals surface area contributed by atoms with Crippen LogP contribution < -0.4 is 5.32 Å². The zero-order valence-corrected chi connectivity index (χ0v) is 11.6. The predicted octanol–water partition coefficient (Wildman–Crippen LogP) is 3.33. The summed E-state index contributed by atoms with van der Waals surface area (Å²) < 4.78 is 0.892. The van der Waals surface area contributed by atoms with Gasteiger partial charge in [0, 0.05) is 10.7 Å². The maximum Gasteiger partial charge on any atom is 0.229 e. The highest BCUT2D eigenvalue weighted by Gasteiger charge is 2.05. The number of aryl methyl sites for hydroxylation is 1. The second-order valence-corrected chi connectivity index (χ2v) is 4.99. The Hall–Kier alpha value is -1.68. The van der Waals surface area contributed by atoms with Crippen LogP contribution in [-0.4, -0.2) is 10.9 Å². The number of nitrogens with zero attached hydrogens (tertiary/aromatic N) is 1. The summed E-state index contributed by atoms with van der Waals surface area (Å²) in [7, 11) is 0. The van der Waals surface area contributed by atoms with Crippen molar-refractivity contribution in [2.45, 2.75) is 13.3 Å². The summed E-state index contributed by atoms with van der Waals surface area (Å²) in [5, 5.41) is 2.77. The molecule has 18 heavy (non-hydrogen) atoms. The van der Waals surface area contributed by atoms with Gasteiger partial charge < -0.3 is 5.32 Å². The van der Waals surface area contributed by atoms with E-state index in [0.29, 0.717) is 12.2 Å². The first-order valence-corrected chi connectivity index (χ1v) is 6.40. The summed E-state index contributed by atoms with van der Waals surface area (Å²) in [6.45, 7) is 2.01. The minimum atomic E-state index is -0.0637. The van der Waals surface area contributed by atoms with E-state index in [4.69, 9.17) is 0 Å². The SMILES string of the molecule is Cc1cccc(CC(=O)Nc2cc(Br)ccn2)c1. The lowest BCUT2D eigenvalue weighted by Gasteiger charge is -2.05. The van der Waals surface area contributed by atoms with Gasteiger partial charge in [0.05, 0.1) is 6.42 Å². The lowest BCUT2D eigenvalue weighted by atomic mass is 10.1. The Morgan fingerprint density at radius 2 is 2.17 bits per heavy atom. The molecular formula is C14H13BrN2O. The van der Waals surface area contributed by atoms with Gasteiger partial charge in [-0.2, -0.15) is 0 Å². The molecule has 0 aliphatic carbocycles. The fourth-order valence-corrected chi connectivity index (χ4v) is 2.00. The number of amides is 1. The molecule has 92 valence electrons. The fourth-order valence-electron chi connectivity index (χ4n) is 1.67. The number of nitrogens with one attached hydrogen (secondary N) is 1. The zero-order valence-electron chi connectivity index (χ0n) is 9.98. The Kier molecular flexibility index (Phi) is 4.10. The molecule has 1 N–H and O–H groups in total. The minimum Gasteiger partial charge on any atom is -0.310 e. The van der Waals surface area contributed by atoms with Gasteiger partial charge in [0.1, 0.15) is 5.82 Å². The summed E-state index contributed by atoms with van der Waals surface area (Å²) >= 11 is 3.34. The molecule has 0 atom stereocenters. The number of hydrogen-bond donors (Lipinski definition) is 1. The standard InChI is InChI=1S/C14H13BrN2O/c1-10-3-2-4-11(7-10)8-14(18)17-13-9-12(15)5-6-16-13/h2-7,9H,8H2,1H3,(H,16,17,18). The molecule has 1 amide bonds. The number of rotatable bonds is 3. The number of pyridine rings is 1. The molecule has 0 aliphatic heterocycles. The molecule has 2 aromatic rings.